The van der Waals surface area contributed by atoms with Gasteiger partial charge in [0.05, 0.1) is 18.2 Å². The van der Waals surface area contributed by atoms with Crippen molar-refractivity contribution in [2.24, 2.45) is 0 Å². The van der Waals surface area contributed by atoms with Crippen molar-refractivity contribution >= 4 is 11.0 Å². The van der Waals surface area contributed by atoms with Crippen LogP contribution in [-0.4, -0.2) is 12.3 Å². The van der Waals surface area contributed by atoms with Crippen LogP contribution in [0.25, 0.3) is 22.3 Å². The van der Waals surface area contributed by atoms with Crippen molar-refractivity contribution in [1.82, 2.24) is 5.16 Å². The normalized spacial score (nSPS) is 15.2. The monoisotopic (exact) mass is 339 g/mol. The fraction of sp³-hybridized carbons (Fsp3) is 0.400. The third kappa shape index (κ3) is 2.64. The molecule has 4 rings (SSSR count). The molecule has 0 atom stereocenters. The van der Waals surface area contributed by atoms with Crippen molar-refractivity contribution in [3.05, 3.63) is 45.4 Å². The Labute approximate surface area is 145 Å². The van der Waals surface area contributed by atoms with Crippen LogP contribution in [-0.2, 0) is 0 Å². The highest BCUT2D eigenvalue weighted by atomic mass is 16.5. The van der Waals surface area contributed by atoms with Crippen molar-refractivity contribution in [3.63, 3.8) is 0 Å². The molecular formula is C20H21NO4. The van der Waals surface area contributed by atoms with Crippen LogP contribution in [0.1, 0.15) is 48.4 Å². The molecule has 2 aromatic heterocycles. The minimum Gasteiger partial charge on any atom is -0.496 e. The number of benzene rings is 1. The summed E-state index contributed by atoms with van der Waals surface area (Å²) in [5.74, 6) is 1.82. The van der Waals surface area contributed by atoms with Gasteiger partial charge >= 0.3 is 5.63 Å². The Morgan fingerprint density at radius 2 is 1.88 bits per heavy atom. The maximum Gasteiger partial charge on any atom is 0.339 e. The van der Waals surface area contributed by atoms with Crippen LogP contribution in [0.2, 0.25) is 0 Å². The highest BCUT2D eigenvalue weighted by Crippen LogP contribution is 2.38. The molecule has 5 nitrogen and oxygen atoms in total. The van der Waals surface area contributed by atoms with Crippen LogP contribution in [0.5, 0.6) is 5.75 Å². The Morgan fingerprint density at radius 3 is 2.60 bits per heavy atom. The van der Waals surface area contributed by atoms with E-state index in [0.29, 0.717) is 28.6 Å². The molecule has 1 aliphatic rings. The first-order chi connectivity index (χ1) is 12.1. The Hall–Kier alpha value is -2.56. The number of nitrogens with zero attached hydrogens (tertiary/aromatic N) is 1. The Bertz CT molecular complexity index is 993. The van der Waals surface area contributed by atoms with Gasteiger partial charge in [-0.1, -0.05) is 18.0 Å². The molecule has 0 radical (unpaired) electrons. The second-order valence-electron chi connectivity index (χ2n) is 6.79. The van der Waals surface area contributed by atoms with Gasteiger partial charge in [-0.05, 0) is 44.4 Å². The number of fused-ring (bicyclic) bond motifs is 1. The Morgan fingerprint density at radius 1 is 1.12 bits per heavy atom. The molecule has 1 aliphatic carbocycles. The molecule has 0 N–H and O–H groups in total. The summed E-state index contributed by atoms with van der Waals surface area (Å²) in [6.45, 7) is 3.67. The quantitative estimate of drug-likeness (QED) is 0.645. The summed E-state index contributed by atoms with van der Waals surface area (Å²) in [5, 5.41) is 5.07. The van der Waals surface area contributed by atoms with Gasteiger partial charge in [0, 0.05) is 23.1 Å². The van der Waals surface area contributed by atoms with Crippen molar-refractivity contribution < 1.29 is 13.7 Å². The molecule has 0 aliphatic heterocycles. The van der Waals surface area contributed by atoms with E-state index < -0.39 is 0 Å². The lowest BCUT2D eigenvalue weighted by Crippen LogP contribution is -2.06. The standard InChI is InChI=1S/C20H21NO4/c1-11-12(2)20(22)24-18-9-14(8-17(23-3)19(11)18)16-10-15(21-25-16)13-6-4-5-7-13/h8-10,13H,4-7H2,1-3H3. The van der Waals surface area contributed by atoms with Gasteiger partial charge in [0.15, 0.2) is 5.76 Å². The third-order valence-electron chi connectivity index (χ3n) is 5.32. The number of aryl methyl sites for hydroxylation is 1. The lowest BCUT2D eigenvalue weighted by atomic mass is 10.0. The first-order valence-corrected chi connectivity index (χ1v) is 8.67. The second kappa shape index (κ2) is 6.06. The summed E-state index contributed by atoms with van der Waals surface area (Å²) < 4.78 is 16.6. The summed E-state index contributed by atoms with van der Waals surface area (Å²) in [5.41, 5.74) is 3.45. The number of aromatic nitrogens is 1. The van der Waals surface area contributed by atoms with E-state index in [9.17, 15) is 4.79 Å². The highest BCUT2D eigenvalue weighted by molar-refractivity contribution is 5.91. The molecule has 1 fully saturated rings. The fourth-order valence-electron chi connectivity index (χ4n) is 3.70. The summed E-state index contributed by atoms with van der Waals surface area (Å²) in [7, 11) is 1.61. The molecule has 0 bridgehead atoms. The molecule has 2 heterocycles. The predicted octanol–water partition coefficient (Wildman–Crippen LogP) is 4.73. The minimum atomic E-state index is -0.326. The zero-order valence-corrected chi connectivity index (χ0v) is 14.7. The van der Waals surface area contributed by atoms with Crippen LogP contribution < -0.4 is 10.4 Å². The van der Waals surface area contributed by atoms with Gasteiger partial charge in [0.2, 0.25) is 0 Å². The molecule has 130 valence electrons. The van der Waals surface area contributed by atoms with Gasteiger partial charge in [-0.25, -0.2) is 4.79 Å². The molecule has 1 saturated carbocycles. The molecule has 5 heteroatoms. The summed E-state index contributed by atoms with van der Waals surface area (Å²) >= 11 is 0. The zero-order chi connectivity index (χ0) is 17.6. The lowest BCUT2D eigenvalue weighted by molar-refractivity contribution is 0.412. The third-order valence-corrected chi connectivity index (χ3v) is 5.32. The van der Waals surface area contributed by atoms with Gasteiger partial charge in [0.25, 0.3) is 0 Å². The van der Waals surface area contributed by atoms with E-state index in [1.807, 2.05) is 25.1 Å². The minimum absolute atomic E-state index is 0.326. The second-order valence-corrected chi connectivity index (χ2v) is 6.79. The molecular weight excluding hydrogens is 318 g/mol. The molecule has 0 saturated heterocycles. The van der Waals surface area contributed by atoms with E-state index in [0.717, 1.165) is 22.2 Å². The highest BCUT2D eigenvalue weighted by Gasteiger charge is 2.22. The topological polar surface area (TPSA) is 65.5 Å². The van der Waals surface area contributed by atoms with Crippen molar-refractivity contribution in [2.75, 3.05) is 7.11 Å². The predicted molar refractivity (Wildman–Crippen MR) is 95.2 cm³/mol. The van der Waals surface area contributed by atoms with E-state index in [1.54, 1.807) is 14.0 Å². The van der Waals surface area contributed by atoms with E-state index in [2.05, 4.69) is 5.16 Å². The van der Waals surface area contributed by atoms with E-state index in [-0.39, 0.29) is 5.63 Å². The Kier molecular flexibility index (Phi) is 3.86. The number of hydrogen-bond donors (Lipinski definition) is 0. The van der Waals surface area contributed by atoms with Crippen molar-refractivity contribution in [3.8, 4) is 17.1 Å². The summed E-state index contributed by atoms with van der Waals surface area (Å²) in [6.07, 6.45) is 4.83. The Balaban J connectivity index is 1.85. The molecule has 0 spiro atoms. The number of methoxy groups -OCH3 is 1. The number of ether oxygens (including phenoxy) is 1. The maximum atomic E-state index is 12.0. The zero-order valence-electron chi connectivity index (χ0n) is 14.7. The first-order valence-electron chi connectivity index (χ1n) is 8.67. The number of rotatable bonds is 3. The van der Waals surface area contributed by atoms with Crippen LogP contribution in [0.15, 0.2) is 31.9 Å². The van der Waals surface area contributed by atoms with E-state index in [1.165, 1.54) is 25.7 Å². The first kappa shape index (κ1) is 15.9. The maximum absolute atomic E-state index is 12.0. The summed E-state index contributed by atoms with van der Waals surface area (Å²) in [6, 6.07) is 5.73. The molecule has 0 amide bonds. The fourth-order valence-corrected chi connectivity index (χ4v) is 3.70. The van der Waals surface area contributed by atoms with E-state index >= 15 is 0 Å². The van der Waals surface area contributed by atoms with Gasteiger partial charge in [-0.3, -0.25) is 0 Å². The largest absolute Gasteiger partial charge is 0.496 e. The SMILES string of the molecule is COc1cc(-c2cc(C3CCCC3)no2)cc2oc(=O)c(C)c(C)c12. The van der Waals surface area contributed by atoms with Gasteiger partial charge in [0.1, 0.15) is 11.3 Å². The molecule has 25 heavy (non-hydrogen) atoms. The van der Waals surface area contributed by atoms with Gasteiger partial charge in [-0.2, -0.15) is 0 Å². The summed E-state index contributed by atoms with van der Waals surface area (Å²) in [4.78, 5) is 12.0. The molecule has 3 aromatic rings. The average molecular weight is 339 g/mol. The van der Waals surface area contributed by atoms with Crippen LogP contribution in [0.4, 0.5) is 0 Å². The van der Waals surface area contributed by atoms with E-state index in [4.69, 9.17) is 13.7 Å². The smallest absolute Gasteiger partial charge is 0.339 e. The molecule has 0 unspecified atom stereocenters. The van der Waals surface area contributed by atoms with Crippen molar-refractivity contribution in [2.45, 2.75) is 45.4 Å². The van der Waals surface area contributed by atoms with Crippen LogP contribution >= 0.6 is 0 Å². The van der Waals surface area contributed by atoms with Gasteiger partial charge in [-0.15, -0.1) is 0 Å². The average Bonchev–Trinajstić information content (AvgIpc) is 3.29. The van der Waals surface area contributed by atoms with Gasteiger partial charge < -0.3 is 13.7 Å². The van der Waals surface area contributed by atoms with Crippen LogP contribution in [0, 0.1) is 13.8 Å². The molecule has 1 aromatic carbocycles. The van der Waals surface area contributed by atoms with Crippen molar-refractivity contribution in [1.29, 1.82) is 0 Å². The number of hydrogen-bond acceptors (Lipinski definition) is 5. The lowest BCUT2D eigenvalue weighted by Gasteiger charge is -2.10. The van der Waals surface area contributed by atoms with Crippen LogP contribution in [0.3, 0.4) is 0 Å².